The van der Waals surface area contributed by atoms with Gasteiger partial charge in [-0.05, 0) is 12.5 Å². The first-order valence-corrected chi connectivity index (χ1v) is 3.21. The Bertz CT molecular complexity index is 264. The molecule has 0 amide bonds. The summed E-state index contributed by atoms with van der Waals surface area (Å²) in [6, 6.07) is 0. The molecule has 58 valence electrons. The van der Waals surface area contributed by atoms with Crippen molar-refractivity contribution in [3.8, 4) is 0 Å². The van der Waals surface area contributed by atoms with Crippen molar-refractivity contribution in [3.05, 3.63) is 24.7 Å². The van der Waals surface area contributed by atoms with Crippen LogP contribution < -0.4 is 5.46 Å². The molecule has 0 bridgehead atoms. The van der Waals surface area contributed by atoms with Gasteiger partial charge in [-0.2, -0.15) is 0 Å². The number of hydrogen-bond acceptors (Lipinski definition) is 3. The van der Waals surface area contributed by atoms with E-state index in [9.17, 15) is 0 Å². The van der Waals surface area contributed by atoms with Crippen molar-refractivity contribution < 1.29 is 14.5 Å². The van der Waals surface area contributed by atoms with E-state index in [1.54, 1.807) is 6.92 Å². The molecule has 0 atom stereocenters. The van der Waals surface area contributed by atoms with Crippen molar-refractivity contribution in [2.24, 2.45) is 0 Å². The first kappa shape index (κ1) is 8.10. The van der Waals surface area contributed by atoms with Crippen LogP contribution >= 0.6 is 0 Å². The molecule has 0 aliphatic rings. The van der Waals surface area contributed by atoms with Crippen LogP contribution in [0.15, 0.2) is 23.5 Å². The van der Waals surface area contributed by atoms with E-state index in [-0.39, 0.29) is 0 Å². The van der Waals surface area contributed by atoms with Gasteiger partial charge in [-0.3, -0.25) is 0 Å². The van der Waals surface area contributed by atoms with Crippen molar-refractivity contribution in [1.29, 1.82) is 0 Å². The lowest BCUT2D eigenvalue weighted by atomic mass is 9.78. The molecule has 1 heterocycles. The highest BCUT2D eigenvalue weighted by Gasteiger charge is 2.17. The third-order valence-corrected chi connectivity index (χ3v) is 1.43. The molecule has 1 aromatic heterocycles. The third kappa shape index (κ3) is 1.53. The maximum absolute atomic E-state index is 8.80. The monoisotopic (exact) mass is 152 g/mol. The van der Waals surface area contributed by atoms with Gasteiger partial charge in [0.05, 0.1) is 12.5 Å². The van der Waals surface area contributed by atoms with Crippen LogP contribution in [0, 0.1) is 0 Å². The second-order valence-electron chi connectivity index (χ2n) is 2.39. The number of allylic oxidation sites excluding steroid dienone is 1. The highest BCUT2D eigenvalue weighted by molar-refractivity contribution is 6.59. The van der Waals surface area contributed by atoms with Crippen molar-refractivity contribution in [2.45, 2.75) is 6.92 Å². The van der Waals surface area contributed by atoms with Crippen LogP contribution in [0.4, 0.5) is 0 Å². The maximum atomic E-state index is 8.80. The molecular weight excluding hydrogens is 143 g/mol. The van der Waals surface area contributed by atoms with Gasteiger partial charge >= 0.3 is 7.12 Å². The standard InChI is InChI=1S/C7H9BO3/c1-5(2)6-3-11-4-7(6)8(9)10/h3-4,9-10H,1H2,2H3. The summed E-state index contributed by atoms with van der Waals surface area (Å²) in [5.41, 5.74) is 1.76. The average Bonchev–Trinajstić information content (AvgIpc) is 2.32. The molecule has 0 saturated heterocycles. The van der Waals surface area contributed by atoms with Gasteiger partial charge in [0, 0.05) is 11.0 Å². The molecule has 2 N–H and O–H groups in total. The van der Waals surface area contributed by atoms with E-state index < -0.39 is 7.12 Å². The molecule has 11 heavy (non-hydrogen) atoms. The number of furan rings is 1. The summed E-state index contributed by atoms with van der Waals surface area (Å²) in [4.78, 5) is 0. The lowest BCUT2D eigenvalue weighted by Crippen LogP contribution is -2.30. The Hall–Kier alpha value is -0.995. The van der Waals surface area contributed by atoms with Crippen molar-refractivity contribution in [1.82, 2.24) is 0 Å². The highest BCUT2D eigenvalue weighted by atomic mass is 16.4. The molecule has 4 heteroatoms. The summed E-state index contributed by atoms with van der Waals surface area (Å²) in [5.74, 6) is 0. The summed E-state index contributed by atoms with van der Waals surface area (Å²) >= 11 is 0. The van der Waals surface area contributed by atoms with E-state index in [1.807, 2.05) is 0 Å². The molecule has 1 aromatic rings. The van der Waals surface area contributed by atoms with E-state index >= 15 is 0 Å². The Labute approximate surface area is 65.1 Å². The molecule has 0 aliphatic heterocycles. The van der Waals surface area contributed by atoms with Gasteiger partial charge in [-0.1, -0.05) is 6.58 Å². The summed E-state index contributed by atoms with van der Waals surface area (Å²) in [7, 11) is -1.49. The van der Waals surface area contributed by atoms with Crippen LogP contribution in [0.5, 0.6) is 0 Å². The molecule has 3 nitrogen and oxygen atoms in total. The normalized spacial score (nSPS) is 9.73. The smallest absolute Gasteiger partial charge is 0.472 e. The van der Waals surface area contributed by atoms with Crippen LogP contribution in [0.2, 0.25) is 0 Å². The summed E-state index contributed by atoms with van der Waals surface area (Å²) in [5, 5.41) is 17.6. The lowest BCUT2D eigenvalue weighted by molar-refractivity contribution is 0.425. The molecule has 0 fully saturated rings. The number of rotatable bonds is 2. The highest BCUT2D eigenvalue weighted by Crippen LogP contribution is 2.08. The minimum absolute atomic E-state index is 0.359. The van der Waals surface area contributed by atoms with E-state index in [0.29, 0.717) is 11.0 Å². The van der Waals surface area contributed by atoms with Crippen LogP contribution in [-0.4, -0.2) is 17.2 Å². The zero-order chi connectivity index (χ0) is 8.43. The van der Waals surface area contributed by atoms with Gasteiger partial charge in [-0.15, -0.1) is 0 Å². The van der Waals surface area contributed by atoms with Crippen LogP contribution in [0.3, 0.4) is 0 Å². The molecule has 0 aromatic carbocycles. The Morgan fingerprint density at radius 1 is 1.55 bits per heavy atom. The summed E-state index contributed by atoms with van der Waals surface area (Å²) < 4.78 is 4.79. The molecule has 0 radical (unpaired) electrons. The van der Waals surface area contributed by atoms with E-state index in [1.165, 1.54) is 12.5 Å². The summed E-state index contributed by atoms with van der Waals surface area (Å²) in [6.07, 6.45) is 2.74. The van der Waals surface area contributed by atoms with E-state index in [2.05, 4.69) is 6.58 Å². The van der Waals surface area contributed by atoms with Crippen molar-refractivity contribution in [2.75, 3.05) is 0 Å². The maximum Gasteiger partial charge on any atom is 0.492 e. The predicted molar refractivity (Wildman–Crippen MR) is 43.2 cm³/mol. The molecule has 0 saturated carbocycles. The van der Waals surface area contributed by atoms with Gasteiger partial charge in [0.1, 0.15) is 0 Å². The Kier molecular flexibility index (Phi) is 2.17. The van der Waals surface area contributed by atoms with Crippen LogP contribution in [0.1, 0.15) is 12.5 Å². The summed E-state index contributed by atoms with van der Waals surface area (Å²) in [6.45, 7) is 5.43. The molecular formula is C7H9BO3. The average molecular weight is 152 g/mol. The predicted octanol–water partition coefficient (Wildman–Crippen LogP) is -0.00750. The second-order valence-corrected chi connectivity index (χ2v) is 2.39. The first-order valence-electron chi connectivity index (χ1n) is 3.21. The van der Waals surface area contributed by atoms with Gasteiger partial charge < -0.3 is 14.5 Å². The molecule has 0 spiro atoms. The first-order chi connectivity index (χ1) is 5.13. The van der Waals surface area contributed by atoms with Gasteiger partial charge in [0.15, 0.2) is 0 Å². The third-order valence-electron chi connectivity index (χ3n) is 1.43. The zero-order valence-electron chi connectivity index (χ0n) is 6.24. The van der Waals surface area contributed by atoms with E-state index in [4.69, 9.17) is 14.5 Å². The molecule has 0 aliphatic carbocycles. The van der Waals surface area contributed by atoms with Gasteiger partial charge in [0.25, 0.3) is 0 Å². The largest absolute Gasteiger partial charge is 0.492 e. The minimum atomic E-state index is -1.49. The fourth-order valence-electron chi connectivity index (χ4n) is 0.854. The van der Waals surface area contributed by atoms with Crippen molar-refractivity contribution >= 4 is 18.2 Å². The van der Waals surface area contributed by atoms with Crippen molar-refractivity contribution in [3.63, 3.8) is 0 Å². The fourth-order valence-corrected chi connectivity index (χ4v) is 0.854. The van der Waals surface area contributed by atoms with Gasteiger partial charge in [0.2, 0.25) is 0 Å². The molecule has 0 unspecified atom stereocenters. The number of hydrogen-bond donors (Lipinski definition) is 2. The van der Waals surface area contributed by atoms with Gasteiger partial charge in [-0.25, -0.2) is 0 Å². The minimum Gasteiger partial charge on any atom is -0.472 e. The fraction of sp³-hybridized carbons (Fsp3) is 0.143. The Morgan fingerprint density at radius 2 is 2.18 bits per heavy atom. The van der Waals surface area contributed by atoms with Crippen LogP contribution in [-0.2, 0) is 0 Å². The Balaban J connectivity index is 3.06. The Morgan fingerprint density at radius 3 is 2.55 bits per heavy atom. The van der Waals surface area contributed by atoms with Crippen LogP contribution in [0.25, 0.3) is 5.57 Å². The molecule has 1 rings (SSSR count). The lowest BCUT2D eigenvalue weighted by Gasteiger charge is -1.98. The second kappa shape index (κ2) is 2.94. The SMILES string of the molecule is C=C(C)c1cocc1B(O)O. The quantitative estimate of drug-likeness (QED) is 0.586. The zero-order valence-corrected chi connectivity index (χ0v) is 6.24. The van der Waals surface area contributed by atoms with E-state index in [0.717, 1.165) is 5.57 Å². The topological polar surface area (TPSA) is 53.6 Å².